The number of rotatable bonds is 5. The fraction of sp³-hybridized carbons (Fsp3) is 0.0625. The van der Waals surface area contributed by atoms with Crippen LogP contribution in [0.1, 0.15) is 10.6 Å². The van der Waals surface area contributed by atoms with Crippen LogP contribution in [0, 0.1) is 0 Å². The molecule has 0 fully saturated rings. The maximum atomic E-state index is 11.9. The summed E-state index contributed by atoms with van der Waals surface area (Å²) in [7, 11) is 0. The second-order valence-electron chi connectivity index (χ2n) is 4.87. The Kier molecular flexibility index (Phi) is 5.37. The minimum atomic E-state index is -0.465. The number of nitrogens with one attached hydrogen (secondary N) is 2. The molecular formula is C16H11Cl2N3O3S. The molecule has 0 saturated heterocycles. The van der Waals surface area contributed by atoms with Gasteiger partial charge in [0.2, 0.25) is 5.91 Å². The third-order valence-corrected chi connectivity index (χ3v) is 4.42. The smallest absolute Gasteiger partial charge is 0.287 e. The van der Waals surface area contributed by atoms with Gasteiger partial charge in [-0.15, -0.1) is 11.3 Å². The van der Waals surface area contributed by atoms with E-state index in [0.29, 0.717) is 26.4 Å². The Balaban J connectivity index is 1.59. The minimum absolute atomic E-state index is 0.140. The van der Waals surface area contributed by atoms with E-state index in [1.165, 1.54) is 23.7 Å². The van der Waals surface area contributed by atoms with Gasteiger partial charge in [-0.1, -0.05) is 23.2 Å². The number of hydrogen-bond donors (Lipinski definition) is 2. The zero-order chi connectivity index (χ0) is 17.8. The van der Waals surface area contributed by atoms with Crippen LogP contribution in [0.15, 0.2) is 46.4 Å². The van der Waals surface area contributed by atoms with Crippen molar-refractivity contribution in [2.45, 2.75) is 0 Å². The van der Waals surface area contributed by atoms with Crippen LogP contribution in [0.25, 0.3) is 11.3 Å². The summed E-state index contributed by atoms with van der Waals surface area (Å²) in [5.74, 6) is -0.724. The molecule has 3 rings (SSSR count). The summed E-state index contributed by atoms with van der Waals surface area (Å²) < 4.78 is 4.94. The maximum Gasteiger partial charge on any atom is 0.287 e. The first-order chi connectivity index (χ1) is 12.0. The molecule has 0 aliphatic heterocycles. The molecule has 2 aromatic heterocycles. The predicted molar refractivity (Wildman–Crippen MR) is 97.2 cm³/mol. The van der Waals surface area contributed by atoms with Crippen molar-refractivity contribution in [3.8, 4) is 11.3 Å². The molecule has 6 nitrogen and oxygen atoms in total. The largest absolute Gasteiger partial charge is 0.459 e. The summed E-state index contributed by atoms with van der Waals surface area (Å²) in [4.78, 5) is 27.9. The van der Waals surface area contributed by atoms with Crippen molar-refractivity contribution in [1.82, 2.24) is 10.3 Å². The number of benzene rings is 1. The quantitative estimate of drug-likeness (QED) is 0.681. The van der Waals surface area contributed by atoms with Gasteiger partial charge in [0, 0.05) is 16.0 Å². The van der Waals surface area contributed by atoms with E-state index in [1.807, 2.05) is 0 Å². The van der Waals surface area contributed by atoms with Crippen molar-refractivity contribution in [1.29, 1.82) is 0 Å². The van der Waals surface area contributed by atoms with Crippen LogP contribution in [-0.4, -0.2) is 23.3 Å². The topological polar surface area (TPSA) is 84.2 Å². The van der Waals surface area contributed by atoms with Gasteiger partial charge in [0.1, 0.15) is 0 Å². The van der Waals surface area contributed by atoms with Crippen LogP contribution in [0.4, 0.5) is 5.13 Å². The standard InChI is InChI=1S/C16H11Cl2N3O3S/c17-9-3-4-10(11(18)6-9)12-8-25-16(20-12)21-14(22)7-19-15(23)13-2-1-5-24-13/h1-6,8H,7H2,(H,19,23)(H,20,21,22). The number of aromatic nitrogens is 1. The van der Waals surface area contributed by atoms with E-state index in [1.54, 1.807) is 29.6 Å². The highest BCUT2D eigenvalue weighted by Gasteiger charge is 2.13. The van der Waals surface area contributed by atoms with Crippen LogP contribution in [-0.2, 0) is 4.79 Å². The van der Waals surface area contributed by atoms with Crippen LogP contribution in [0.2, 0.25) is 10.0 Å². The van der Waals surface area contributed by atoms with Gasteiger partial charge in [-0.2, -0.15) is 0 Å². The molecule has 2 heterocycles. The molecule has 0 saturated carbocycles. The molecule has 0 aliphatic rings. The van der Waals surface area contributed by atoms with E-state index in [9.17, 15) is 9.59 Å². The second kappa shape index (κ2) is 7.69. The lowest BCUT2D eigenvalue weighted by atomic mass is 10.2. The van der Waals surface area contributed by atoms with E-state index < -0.39 is 11.8 Å². The Morgan fingerprint density at radius 3 is 2.80 bits per heavy atom. The first kappa shape index (κ1) is 17.5. The van der Waals surface area contributed by atoms with Crippen LogP contribution in [0.5, 0.6) is 0 Å². The van der Waals surface area contributed by atoms with Gasteiger partial charge in [0.15, 0.2) is 10.9 Å². The van der Waals surface area contributed by atoms with Crippen molar-refractivity contribution < 1.29 is 14.0 Å². The van der Waals surface area contributed by atoms with Gasteiger partial charge >= 0.3 is 0 Å². The molecule has 0 atom stereocenters. The Morgan fingerprint density at radius 1 is 1.24 bits per heavy atom. The van der Waals surface area contributed by atoms with Crippen LogP contribution >= 0.6 is 34.5 Å². The number of carbonyl (C=O) groups is 2. The molecule has 9 heteroatoms. The second-order valence-corrected chi connectivity index (χ2v) is 6.57. The molecule has 0 radical (unpaired) electrons. The molecule has 0 spiro atoms. The molecule has 0 bridgehead atoms. The Morgan fingerprint density at radius 2 is 2.08 bits per heavy atom. The Hall–Kier alpha value is -2.35. The summed E-state index contributed by atoms with van der Waals surface area (Å²) in [5.41, 5.74) is 1.34. The number of halogens is 2. The van der Waals surface area contributed by atoms with Crippen molar-refractivity contribution in [3.05, 3.63) is 57.8 Å². The first-order valence-electron chi connectivity index (χ1n) is 7.05. The number of nitrogens with zero attached hydrogens (tertiary/aromatic N) is 1. The SMILES string of the molecule is O=C(CNC(=O)c1ccco1)Nc1nc(-c2ccc(Cl)cc2Cl)cs1. The van der Waals surface area contributed by atoms with Gasteiger partial charge in [0.25, 0.3) is 5.91 Å². The van der Waals surface area contributed by atoms with Gasteiger partial charge in [0.05, 0.1) is 23.5 Å². The van der Waals surface area contributed by atoms with Crippen LogP contribution in [0.3, 0.4) is 0 Å². The van der Waals surface area contributed by atoms with Gasteiger partial charge in [-0.05, 0) is 30.3 Å². The van der Waals surface area contributed by atoms with Crippen molar-refractivity contribution in [2.24, 2.45) is 0 Å². The molecule has 1 aromatic carbocycles. The first-order valence-corrected chi connectivity index (χ1v) is 8.69. The molecule has 0 aliphatic carbocycles. The molecule has 0 unspecified atom stereocenters. The van der Waals surface area contributed by atoms with Gasteiger partial charge in [-0.25, -0.2) is 4.98 Å². The molecule has 2 amide bonds. The van der Waals surface area contributed by atoms with E-state index in [4.69, 9.17) is 27.6 Å². The monoisotopic (exact) mass is 395 g/mol. The lowest BCUT2D eigenvalue weighted by Gasteiger charge is -2.03. The Labute approximate surface area is 156 Å². The lowest BCUT2D eigenvalue weighted by molar-refractivity contribution is -0.115. The summed E-state index contributed by atoms with van der Waals surface area (Å²) in [6, 6.07) is 8.20. The minimum Gasteiger partial charge on any atom is -0.459 e. The highest BCUT2D eigenvalue weighted by atomic mass is 35.5. The van der Waals surface area contributed by atoms with E-state index in [0.717, 1.165) is 0 Å². The lowest BCUT2D eigenvalue weighted by Crippen LogP contribution is -2.32. The molecule has 25 heavy (non-hydrogen) atoms. The van der Waals surface area contributed by atoms with E-state index in [2.05, 4.69) is 15.6 Å². The Bertz CT molecular complexity index is 909. The average molecular weight is 396 g/mol. The average Bonchev–Trinajstić information content (AvgIpc) is 3.24. The number of hydrogen-bond acceptors (Lipinski definition) is 5. The maximum absolute atomic E-state index is 11.9. The summed E-state index contributed by atoms with van der Waals surface area (Å²) >= 11 is 13.3. The third-order valence-electron chi connectivity index (χ3n) is 3.11. The number of anilines is 1. The predicted octanol–water partition coefficient (Wildman–Crippen LogP) is 4.08. The van der Waals surface area contributed by atoms with Crippen LogP contribution < -0.4 is 10.6 Å². The highest BCUT2D eigenvalue weighted by molar-refractivity contribution is 7.14. The van der Waals surface area contributed by atoms with E-state index in [-0.39, 0.29) is 12.3 Å². The summed E-state index contributed by atoms with van der Waals surface area (Å²) in [6.07, 6.45) is 1.38. The summed E-state index contributed by atoms with van der Waals surface area (Å²) in [5, 5.41) is 8.25. The molecule has 3 aromatic rings. The molecular weight excluding hydrogens is 385 g/mol. The zero-order valence-electron chi connectivity index (χ0n) is 12.6. The summed E-state index contributed by atoms with van der Waals surface area (Å²) in [6.45, 7) is -0.198. The highest BCUT2D eigenvalue weighted by Crippen LogP contribution is 2.32. The van der Waals surface area contributed by atoms with Crippen molar-refractivity contribution in [2.75, 3.05) is 11.9 Å². The number of furan rings is 1. The number of amides is 2. The van der Waals surface area contributed by atoms with Gasteiger partial charge in [-0.3, -0.25) is 9.59 Å². The number of carbonyl (C=O) groups excluding carboxylic acids is 2. The van der Waals surface area contributed by atoms with Crippen molar-refractivity contribution in [3.63, 3.8) is 0 Å². The number of thiazole rings is 1. The molecule has 128 valence electrons. The zero-order valence-corrected chi connectivity index (χ0v) is 14.9. The van der Waals surface area contributed by atoms with Crippen molar-refractivity contribution >= 4 is 51.5 Å². The normalized spacial score (nSPS) is 10.5. The van der Waals surface area contributed by atoms with Gasteiger partial charge < -0.3 is 15.1 Å². The van der Waals surface area contributed by atoms with E-state index >= 15 is 0 Å². The fourth-order valence-corrected chi connectivity index (χ4v) is 3.20. The molecule has 2 N–H and O–H groups in total. The third kappa shape index (κ3) is 4.39. The fourth-order valence-electron chi connectivity index (χ4n) is 1.97.